The average Bonchev–Trinajstić information content (AvgIpc) is 3.10. The van der Waals surface area contributed by atoms with Gasteiger partial charge in [0.1, 0.15) is 5.03 Å². The molecule has 1 aromatic carbocycles. The molecular formula is C14H8Cl2N2OS. The topological polar surface area (TPSA) is 38.9 Å². The lowest BCUT2D eigenvalue weighted by Crippen LogP contribution is -1.79. The fourth-order valence-corrected chi connectivity index (χ4v) is 2.67. The first-order valence-corrected chi connectivity index (χ1v) is 7.42. The van der Waals surface area contributed by atoms with E-state index >= 15 is 0 Å². The molecule has 0 bridgehead atoms. The van der Waals surface area contributed by atoms with Crippen LogP contribution in [-0.2, 0) is 0 Å². The Labute approximate surface area is 129 Å². The second-order valence-corrected chi connectivity index (χ2v) is 5.61. The molecule has 0 aliphatic heterocycles. The molecule has 0 amide bonds. The molecule has 0 spiro atoms. The Bertz CT molecular complexity index is 750. The zero-order valence-electron chi connectivity index (χ0n) is 10.1. The predicted octanol–water partition coefficient (Wildman–Crippen LogP) is 5.19. The highest BCUT2D eigenvalue weighted by atomic mass is 35.5. The van der Waals surface area contributed by atoms with Gasteiger partial charge in [0.05, 0.1) is 0 Å². The van der Waals surface area contributed by atoms with Crippen molar-refractivity contribution >= 4 is 45.6 Å². The Morgan fingerprint density at radius 2 is 2.20 bits per heavy atom. The van der Waals surface area contributed by atoms with Crippen LogP contribution >= 0.6 is 34.5 Å². The molecule has 0 fully saturated rings. The number of thiophene rings is 1. The van der Waals surface area contributed by atoms with Crippen molar-refractivity contribution < 1.29 is 4.52 Å². The number of aromatic nitrogens is 2. The molecular weight excluding hydrogens is 315 g/mol. The molecule has 20 heavy (non-hydrogen) atoms. The lowest BCUT2D eigenvalue weighted by Gasteiger charge is -1.95. The Balaban J connectivity index is 1.89. The van der Waals surface area contributed by atoms with E-state index in [9.17, 15) is 0 Å². The summed E-state index contributed by atoms with van der Waals surface area (Å²) >= 11 is 13.7. The Kier molecular flexibility index (Phi) is 3.87. The summed E-state index contributed by atoms with van der Waals surface area (Å²) in [6, 6.07) is 9.27. The van der Waals surface area contributed by atoms with Gasteiger partial charge in [-0.3, -0.25) is 0 Å². The van der Waals surface area contributed by atoms with Crippen molar-refractivity contribution in [3.63, 3.8) is 0 Å². The normalized spacial score (nSPS) is 11.8. The molecule has 0 aliphatic rings. The van der Waals surface area contributed by atoms with Crippen molar-refractivity contribution in [3.8, 4) is 11.4 Å². The van der Waals surface area contributed by atoms with E-state index in [0.717, 1.165) is 11.1 Å². The monoisotopic (exact) mass is 322 g/mol. The quantitative estimate of drug-likeness (QED) is 0.666. The van der Waals surface area contributed by atoms with Gasteiger partial charge in [-0.25, -0.2) is 0 Å². The molecule has 2 aromatic heterocycles. The molecule has 0 saturated carbocycles. The molecule has 6 heteroatoms. The third-order valence-corrected chi connectivity index (χ3v) is 3.74. The van der Waals surface area contributed by atoms with Crippen LogP contribution in [0.5, 0.6) is 0 Å². The largest absolute Gasteiger partial charge is 0.333 e. The molecule has 0 N–H and O–H groups in total. The van der Waals surface area contributed by atoms with Gasteiger partial charge in [-0.15, -0.1) is 0 Å². The SMILES string of the molecule is Cl/C(=C\c1cccc(Cl)c1)c1nc(-c2ccsc2)no1. The number of hydrogen-bond donors (Lipinski definition) is 0. The van der Waals surface area contributed by atoms with Gasteiger partial charge >= 0.3 is 0 Å². The van der Waals surface area contributed by atoms with Crippen molar-refractivity contribution in [3.05, 3.63) is 57.6 Å². The smallest absolute Gasteiger partial charge is 0.269 e. The average molecular weight is 323 g/mol. The van der Waals surface area contributed by atoms with E-state index in [-0.39, 0.29) is 5.89 Å². The predicted molar refractivity (Wildman–Crippen MR) is 82.8 cm³/mol. The molecule has 3 nitrogen and oxygen atoms in total. The Hall–Kier alpha value is -1.62. The maximum atomic E-state index is 6.19. The maximum Gasteiger partial charge on any atom is 0.269 e. The maximum absolute atomic E-state index is 6.19. The van der Waals surface area contributed by atoms with Crippen molar-refractivity contribution in [1.29, 1.82) is 0 Å². The van der Waals surface area contributed by atoms with Crippen molar-refractivity contribution in [2.24, 2.45) is 0 Å². The van der Waals surface area contributed by atoms with Gasteiger partial charge in [0, 0.05) is 16.0 Å². The standard InChI is InChI=1S/C14H8Cl2N2OS/c15-11-3-1-2-9(6-11)7-12(16)14-17-13(18-19-14)10-4-5-20-8-10/h1-8H/b12-7-. The van der Waals surface area contributed by atoms with Gasteiger partial charge in [0.25, 0.3) is 5.89 Å². The van der Waals surface area contributed by atoms with E-state index in [1.807, 2.05) is 29.0 Å². The van der Waals surface area contributed by atoms with E-state index in [2.05, 4.69) is 10.1 Å². The second kappa shape index (κ2) is 5.79. The second-order valence-electron chi connectivity index (χ2n) is 3.98. The summed E-state index contributed by atoms with van der Waals surface area (Å²) in [5.41, 5.74) is 1.79. The van der Waals surface area contributed by atoms with Gasteiger partial charge in [0.15, 0.2) is 0 Å². The number of halogens is 2. The highest BCUT2D eigenvalue weighted by molar-refractivity contribution is 7.08. The minimum Gasteiger partial charge on any atom is -0.333 e. The fraction of sp³-hybridized carbons (Fsp3) is 0. The molecule has 0 aliphatic carbocycles. The summed E-state index contributed by atoms with van der Waals surface area (Å²) in [6.45, 7) is 0. The molecule has 3 rings (SSSR count). The highest BCUT2D eigenvalue weighted by Gasteiger charge is 2.11. The van der Waals surface area contributed by atoms with Crippen LogP contribution in [0.25, 0.3) is 22.5 Å². The van der Waals surface area contributed by atoms with Gasteiger partial charge in [0.2, 0.25) is 5.82 Å². The number of nitrogens with zero attached hydrogens (tertiary/aromatic N) is 2. The molecule has 100 valence electrons. The van der Waals surface area contributed by atoms with Gasteiger partial charge in [-0.05, 0) is 35.2 Å². The van der Waals surface area contributed by atoms with Crippen LogP contribution in [0, 0.1) is 0 Å². The van der Waals surface area contributed by atoms with Crippen LogP contribution in [0.1, 0.15) is 11.5 Å². The lowest BCUT2D eigenvalue weighted by molar-refractivity contribution is 0.410. The van der Waals surface area contributed by atoms with Crippen molar-refractivity contribution in [1.82, 2.24) is 10.1 Å². The minimum absolute atomic E-state index is 0.285. The number of hydrogen-bond acceptors (Lipinski definition) is 4. The van der Waals surface area contributed by atoms with Crippen molar-refractivity contribution in [2.75, 3.05) is 0 Å². The minimum atomic E-state index is 0.285. The van der Waals surface area contributed by atoms with Gasteiger partial charge in [-0.1, -0.05) is 40.5 Å². The van der Waals surface area contributed by atoms with Crippen LogP contribution < -0.4 is 0 Å². The van der Waals surface area contributed by atoms with Crippen LogP contribution in [0.15, 0.2) is 45.6 Å². The van der Waals surface area contributed by atoms with E-state index < -0.39 is 0 Å². The van der Waals surface area contributed by atoms with Crippen LogP contribution in [0.3, 0.4) is 0 Å². The number of benzene rings is 1. The summed E-state index contributed by atoms with van der Waals surface area (Å²) < 4.78 is 5.16. The van der Waals surface area contributed by atoms with Crippen LogP contribution in [-0.4, -0.2) is 10.1 Å². The van der Waals surface area contributed by atoms with E-state index in [1.165, 1.54) is 0 Å². The molecule has 2 heterocycles. The fourth-order valence-electron chi connectivity index (χ4n) is 1.63. The molecule has 3 aromatic rings. The third kappa shape index (κ3) is 2.93. The summed E-state index contributed by atoms with van der Waals surface area (Å²) in [4.78, 5) is 4.27. The Morgan fingerprint density at radius 1 is 1.30 bits per heavy atom. The molecule has 0 unspecified atom stereocenters. The van der Waals surface area contributed by atoms with Crippen molar-refractivity contribution in [2.45, 2.75) is 0 Å². The zero-order valence-corrected chi connectivity index (χ0v) is 12.4. The molecule has 0 radical (unpaired) electrons. The van der Waals surface area contributed by atoms with Crippen LogP contribution in [0.2, 0.25) is 5.02 Å². The zero-order chi connectivity index (χ0) is 13.9. The highest BCUT2D eigenvalue weighted by Crippen LogP contribution is 2.25. The van der Waals surface area contributed by atoms with Crippen LogP contribution in [0.4, 0.5) is 0 Å². The lowest BCUT2D eigenvalue weighted by atomic mass is 10.2. The summed E-state index contributed by atoms with van der Waals surface area (Å²) in [5, 5.41) is 8.83. The summed E-state index contributed by atoms with van der Waals surface area (Å²) in [5.74, 6) is 0.812. The van der Waals surface area contributed by atoms with Gasteiger partial charge in [-0.2, -0.15) is 16.3 Å². The van der Waals surface area contributed by atoms with Gasteiger partial charge < -0.3 is 4.52 Å². The first-order chi connectivity index (χ1) is 9.72. The van der Waals surface area contributed by atoms with E-state index in [0.29, 0.717) is 15.9 Å². The third-order valence-electron chi connectivity index (χ3n) is 2.55. The first kappa shape index (κ1) is 13.4. The Morgan fingerprint density at radius 3 is 2.95 bits per heavy atom. The first-order valence-electron chi connectivity index (χ1n) is 5.72. The molecule has 0 saturated heterocycles. The summed E-state index contributed by atoms with van der Waals surface area (Å²) in [7, 11) is 0. The summed E-state index contributed by atoms with van der Waals surface area (Å²) in [6.07, 6.45) is 1.73. The van der Waals surface area contributed by atoms with E-state index in [4.69, 9.17) is 27.7 Å². The van der Waals surface area contributed by atoms with E-state index in [1.54, 1.807) is 29.5 Å². The molecule has 0 atom stereocenters. The number of rotatable bonds is 3.